The van der Waals surface area contributed by atoms with Gasteiger partial charge in [0.2, 0.25) is 0 Å². The van der Waals surface area contributed by atoms with Crippen LogP contribution in [0.1, 0.15) is 15.9 Å². The molecule has 0 fully saturated rings. The Kier molecular flexibility index (Phi) is 3.67. The molecule has 2 nitrogen and oxygen atoms in total. The number of carbonyl (C=O) groups is 1. The maximum atomic E-state index is 13.9. The minimum absolute atomic E-state index is 0.281. The van der Waals surface area contributed by atoms with E-state index in [9.17, 15) is 26.7 Å². The Hall–Kier alpha value is -2.44. The van der Waals surface area contributed by atoms with Gasteiger partial charge in [-0.15, -0.1) is 0 Å². The van der Waals surface area contributed by atoms with E-state index in [0.717, 1.165) is 24.3 Å². The van der Waals surface area contributed by atoms with Crippen LogP contribution in [-0.4, -0.2) is 11.1 Å². The molecule has 0 amide bonds. The minimum atomic E-state index is -4.90. The van der Waals surface area contributed by atoms with Crippen molar-refractivity contribution in [2.24, 2.45) is 0 Å². The van der Waals surface area contributed by atoms with Crippen LogP contribution >= 0.6 is 0 Å². The van der Waals surface area contributed by atoms with Crippen LogP contribution in [0.3, 0.4) is 0 Å². The average molecular weight is 302 g/mol. The van der Waals surface area contributed by atoms with Gasteiger partial charge in [-0.25, -0.2) is 13.6 Å². The predicted octanol–water partition coefficient (Wildman–Crippen LogP) is 4.35. The van der Waals surface area contributed by atoms with E-state index in [-0.39, 0.29) is 5.56 Å². The molecular weight excluding hydrogens is 295 g/mol. The van der Waals surface area contributed by atoms with Crippen LogP contribution in [0.2, 0.25) is 0 Å². The summed E-state index contributed by atoms with van der Waals surface area (Å²) in [6, 6.07) is 4.90. The Labute approximate surface area is 115 Å². The monoisotopic (exact) mass is 302 g/mol. The molecule has 0 atom stereocenters. The van der Waals surface area contributed by atoms with Gasteiger partial charge in [-0.1, -0.05) is 12.1 Å². The molecule has 110 valence electrons. The Morgan fingerprint density at radius 3 is 2.29 bits per heavy atom. The standard InChI is InChI=1S/C14H7F5O2/c15-9-5-7(4-8(6-9)13(20)21)10-2-1-3-11(12(10)16)14(17,18)19/h1-6H,(H,20,21). The molecular formula is C14H7F5O2. The summed E-state index contributed by atoms with van der Waals surface area (Å²) in [5.41, 5.74) is -2.79. The van der Waals surface area contributed by atoms with Crippen molar-refractivity contribution in [1.82, 2.24) is 0 Å². The Morgan fingerprint density at radius 2 is 1.71 bits per heavy atom. The molecule has 0 aliphatic heterocycles. The first-order valence-electron chi connectivity index (χ1n) is 5.60. The highest BCUT2D eigenvalue weighted by Crippen LogP contribution is 2.35. The van der Waals surface area contributed by atoms with E-state index in [1.165, 1.54) is 0 Å². The third kappa shape index (κ3) is 3.01. The maximum absolute atomic E-state index is 13.9. The van der Waals surface area contributed by atoms with Crippen molar-refractivity contribution in [3.05, 3.63) is 59.2 Å². The van der Waals surface area contributed by atoms with E-state index >= 15 is 0 Å². The predicted molar refractivity (Wildman–Crippen MR) is 63.8 cm³/mol. The lowest BCUT2D eigenvalue weighted by Crippen LogP contribution is -2.09. The molecule has 21 heavy (non-hydrogen) atoms. The fraction of sp³-hybridized carbons (Fsp3) is 0.0714. The van der Waals surface area contributed by atoms with Crippen LogP contribution in [0.15, 0.2) is 36.4 Å². The van der Waals surface area contributed by atoms with Crippen LogP contribution in [-0.2, 0) is 6.18 Å². The Bertz CT molecular complexity index is 707. The van der Waals surface area contributed by atoms with Crippen LogP contribution in [0.25, 0.3) is 11.1 Å². The number of alkyl halides is 3. The number of hydrogen-bond donors (Lipinski definition) is 1. The van der Waals surface area contributed by atoms with Gasteiger partial charge < -0.3 is 5.11 Å². The molecule has 0 saturated carbocycles. The fourth-order valence-corrected chi connectivity index (χ4v) is 1.84. The molecule has 0 unspecified atom stereocenters. The van der Waals surface area contributed by atoms with Gasteiger partial charge in [0.15, 0.2) is 0 Å². The minimum Gasteiger partial charge on any atom is -0.478 e. The summed E-state index contributed by atoms with van der Waals surface area (Å²) < 4.78 is 65.1. The third-order valence-corrected chi connectivity index (χ3v) is 2.76. The quantitative estimate of drug-likeness (QED) is 0.837. The summed E-state index contributed by atoms with van der Waals surface area (Å²) in [6.45, 7) is 0. The van der Waals surface area contributed by atoms with Gasteiger partial charge in [0.05, 0.1) is 11.1 Å². The lowest BCUT2D eigenvalue weighted by atomic mass is 9.99. The van der Waals surface area contributed by atoms with Crippen LogP contribution < -0.4 is 0 Å². The smallest absolute Gasteiger partial charge is 0.419 e. The molecule has 0 aliphatic rings. The molecule has 0 heterocycles. The van der Waals surface area contributed by atoms with Crippen molar-refractivity contribution in [1.29, 1.82) is 0 Å². The summed E-state index contributed by atoms with van der Waals surface area (Å²) >= 11 is 0. The molecule has 2 aromatic carbocycles. The van der Waals surface area contributed by atoms with Crippen molar-refractivity contribution in [2.45, 2.75) is 6.18 Å². The molecule has 0 spiro atoms. The lowest BCUT2D eigenvalue weighted by molar-refractivity contribution is -0.139. The van der Waals surface area contributed by atoms with Crippen LogP contribution in [0, 0.1) is 11.6 Å². The van der Waals surface area contributed by atoms with Gasteiger partial charge in [-0.3, -0.25) is 0 Å². The zero-order chi connectivity index (χ0) is 15.8. The summed E-state index contributed by atoms with van der Waals surface area (Å²) in [6.07, 6.45) is -4.90. The molecule has 0 aliphatic carbocycles. The van der Waals surface area contributed by atoms with Gasteiger partial charge in [0.1, 0.15) is 11.6 Å². The fourth-order valence-electron chi connectivity index (χ4n) is 1.84. The number of carboxylic acids is 1. The molecule has 2 rings (SSSR count). The van der Waals surface area contributed by atoms with Gasteiger partial charge in [0, 0.05) is 5.56 Å². The number of benzene rings is 2. The average Bonchev–Trinajstić information content (AvgIpc) is 2.36. The topological polar surface area (TPSA) is 37.3 Å². The zero-order valence-electron chi connectivity index (χ0n) is 10.2. The van der Waals surface area contributed by atoms with Gasteiger partial charge in [-0.05, 0) is 29.8 Å². The van der Waals surface area contributed by atoms with E-state index in [1.54, 1.807) is 0 Å². The van der Waals surface area contributed by atoms with E-state index < -0.39 is 40.5 Å². The largest absolute Gasteiger partial charge is 0.478 e. The summed E-state index contributed by atoms with van der Waals surface area (Å²) in [7, 11) is 0. The second-order valence-corrected chi connectivity index (χ2v) is 4.20. The Morgan fingerprint density at radius 1 is 1.05 bits per heavy atom. The molecule has 0 radical (unpaired) electrons. The lowest BCUT2D eigenvalue weighted by Gasteiger charge is -2.11. The molecule has 0 bridgehead atoms. The van der Waals surface area contributed by atoms with Gasteiger partial charge >= 0.3 is 12.1 Å². The summed E-state index contributed by atoms with van der Waals surface area (Å²) in [4.78, 5) is 10.8. The SMILES string of the molecule is O=C(O)c1cc(F)cc(-c2cccc(C(F)(F)F)c2F)c1. The number of carboxylic acid groups (broad SMARTS) is 1. The van der Waals surface area contributed by atoms with Crippen LogP contribution in [0.4, 0.5) is 22.0 Å². The first kappa shape index (κ1) is 15.0. The van der Waals surface area contributed by atoms with Gasteiger partial charge in [0.25, 0.3) is 0 Å². The summed E-state index contributed by atoms with van der Waals surface area (Å²) in [5.74, 6) is -4.03. The number of hydrogen-bond acceptors (Lipinski definition) is 1. The van der Waals surface area contributed by atoms with Crippen molar-refractivity contribution in [2.75, 3.05) is 0 Å². The highest BCUT2D eigenvalue weighted by molar-refractivity contribution is 5.89. The maximum Gasteiger partial charge on any atom is 0.419 e. The molecule has 7 heteroatoms. The summed E-state index contributed by atoms with van der Waals surface area (Å²) in [5, 5.41) is 8.79. The van der Waals surface area contributed by atoms with Crippen molar-refractivity contribution in [3.8, 4) is 11.1 Å². The number of aromatic carboxylic acids is 1. The molecule has 0 aromatic heterocycles. The van der Waals surface area contributed by atoms with E-state index in [4.69, 9.17) is 5.11 Å². The number of rotatable bonds is 2. The van der Waals surface area contributed by atoms with E-state index in [1.807, 2.05) is 0 Å². The van der Waals surface area contributed by atoms with Crippen molar-refractivity contribution in [3.63, 3.8) is 0 Å². The van der Waals surface area contributed by atoms with Crippen molar-refractivity contribution < 1.29 is 31.9 Å². The second kappa shape index (κ2) is 5.16. The molecule has 0 saturated heterocycles. The first-order valence-corrected chi connectivity index (χ1v) is 5.60. The van der Waals surface area contributed by atoms with E-state index in [2.05, 4.69) is 0 Å². The normalized spacial score (nSPS) is 11.5. The first-order chi connectivity index (χ1) is 9.70. The molecule has 2 aromatic rings. The third-order valence-electron chi connectivity index (χ3n) is 2.76. The highest BCUT2D eigenvalue weighted by Gasteiger charge is 2.35. The second-order valence-electron chi connectivity index (χ2n) is 4.20. The number of halogens is 5. The zero-order valence-corrected chi connectivity index (χ0v) is 10.2. The highest BCUT2D eigenvalue weighted by atomic mass is 19.4. The van der Waals surface area contributed by atoms with Crippen molar-refractivity contribution >= 4 is 5.97 Å². The van der Waals surface area contributed by atoms with Gasteiger partial charge in [-0.2, -0.15) is 13.2 Å². The Balaban J connectivity index is 2.65. The van der Waals surface area contributed by atoms with E-state index in [0.29, 0.717) is 12.1 Å². The molecule has 1 N–H and O–H groups in total. The van der Waals surface area contributed by atoms with Crippen LogP contribution in [0.5, 0.6) is 0 Å².